The summed E-state index contributed by atoms with van der Waals surface area (Å²) in [5, 5.41) is 154. The molecule has 26 heteroatoms. The van der Waals surface area contributed by atoms with E-state index in [1.54, 1.807) is 0 Å². The SMILES string of the molecule is CC(C)=C[C@@H]1C[C@@](C)(O)[C@@H]2[C@H]3CC[C@@H]4[C@]5(C)CC[C@@H](O[C@@H]6OC[C@@H](O)[C@H](O[C@@H]7O[C@H](CO[C@@H]8O[C@H](CO)[C@H](O)[C@H](O)[C@H]8O)[C@H](O)[C@H](O)[C@H]7O[C@H]7OC[C@H](O)[C@@H](O)[C@H]7O)[C@H]6O[C@H]6O[C@H](C)[C@H](O)[C@H](O)[C@H]6O)C(C)(C)[C@@H]5CC[C@@]4(C)[C@]34CO[C@]2(C4)O1. The van der Waals surface area contributed by atoms with Crippen molar-refractivity contribution in [3.8, 4) is 0 Å². The zero-order chi connectivity index (χ0) is 60.7. The molecule has 482 valence electrons. The second kappa shape index (κ2) is 23.4. The molecule has 7 aliphatic heterocycles. The van der Waals surface area contributed by atoms with E-state index < -0.39 is 191 Å². The molecule has 7 heterocycles. The highest BCUT2D eigenvalue weighted by Crippen LogP contribution is 2.80. The summed E-state index contributed by atoms with van der Waals surface area (Å²) in [6, 6.07) is 0. The zero-order valence-corrected chi connectivity index (χ0v) is 49.2. The third kappa shape index (κ3) is 10.5. The second-order valence-electron chi connectivity index (χ2n) is 28.2. The Bertz CT molecular complexity index is 2330. The highest BCUT2D eigenvalue weighted by molar-refractivity contribution is 5.27. The van der Waals surface area contributed by atoms with Crippen LogP contribution in [0, 0.1) is 45.3 Å². The van der Waals surface area contributed by atoms with Crippen LogP contribution >= 0.6 is 0 Å². The molecule has 84 heavy (non-hydrogen) atoms. The molecule has 14 N–H and O–H groups in total. The van der Waals surface area contributed by atoms with E-state index in [1.165, 1.54) is 6.92 Å². The predicted octanol–water partition coefficient (Wildman–Crippen LogP) is -2.72. The zero-order valence-electron chi connectivity index (χ0n) is 49.2. The minimum atomic E-state index is -2.04. The van der Waals surface area contributed by atoms with Gasteiger partial charge in [-0.2, -0.15) is 0 Å². The fourth-order valence-electron chi connectivity index (χ4n) is 18.3. The summed E-state index contributed by atoms with van der Waals surface area (Å²) in [7, 11) is 0. The van der Waals surface area contributed by atoms with Gasteiger partial charge in [-0.15, -0.1) is 0 Å². The van der Waals surface area contributed by atoms with Crippen molar-refractivity contribution in [1.29, 1.82) is 0 Å². The lowest BCUT2D eigenvalue weighted by Gasteiger charge is -2.70. The van der Waals surface area contributed by atoms with E-state index in [2.05, 4.69) is 33.8 Å². The van der Waals surface area contributed by atoms with Crippen LogP contribution in [0.3, 0.4) is 0 Å². The first kappa shape index (κ1) is 64.2. The summed E-state index contributed by atoms with van der Waals surface area (Å²) in [6.07, 6.45) is -31.8. The number of ether oxygens (including phenoxy) is 12. The second-order valence-corrected chi connectivity index (χ2v) is 28.2. The molecule has 0 unspecified atom stereocenters. The lowest BCUT2D eigenvalue weighted by Crippen LogP contribution is -2.68. The molecular weight excluding hydrogens is 1110 g/mol. The van der Waals surface area contributed by atoms with Crippen molar-refractivity contribution in [2.45, 2.75) is 272 Å². The minimum absolute atomic E-state index is 0.110. The van der Waals surface area contributed by atoms with Gasteiger partial charge in [0.15, 0.2) is 37.2 Å². The summed E-state index contributed by atoms with van der Waals surface area (Å²) < 4.78 is 75.5. The maximum atomic E-state index is 12.3. The first-order valence-electron chi connectivity index (χ1n) is 30.3. The van der Waals surface area contributed by atoms with E-state index >= 15 is 0 Å². The molecule has 2 spiro atoms. The third-order valence-electron chi connectivity index (χ3n) is 22.5. The smallest absolute Gasteiger partial charge is 0.187 e. The molecule has 4 aliphatic carbocycles. The quantitative estimate of drug-likeness (QED) is 0.0658. The first-order valence-corrected chi connectivity index (χ1v) is 30.3. The molecule has 0 aromatic carbocycles. The van der Waals surface area contributed by atoms with Gasteiger partial charge in [0, 0.05) is 24.2 Å². The van der Waals surface area contributed by atoms with E-state index in [0.29, 0.717) is 19.4 Å². The topological polar surface area (TPSA) is 394 Å². The van der Waals surface area contributed by atoms with Crippen LogP contribution in [-0.4, -0.2) is 269 Å². The van der Waals surface area contributed by atoms with Crippen molar-refractivity contribution >= 4 is 0 Å². The maximum absolute atomic E-state index is 12.3. The van der Waals surface area contributed by atoms with Gasteiger partial charge in [0.1, 0.15) is 104 Å². The Hall–Kier alpha value is -1.30. The van der Waals surface area contributed by atoms with E-state index in [4.69, 9.17) is 56.8 Å². The number of hydrogen-bond donors (Lipinski definition) is 14. The Balaban J connectivity index is 0.870. The lowest BCUT2D eigenvalue weighted by atomic mass is 9.35. The number of aliphatic hydroxyl groups excluding tert-OH is 13. The molecule has 0 radical (unpaired) electrons. The summed E-state index contributed by atoms with van der Waals surface area (Å²) in [5.74, 6) is -0.440. The van der Waals surface area contributed by atoms with Crippen LogP contribution in [0.2, 0.25) is 0 Å². The largest absolute Gasteiger partial charge is 0.394 e. The van der Waals surface area contributed by atoms with Crippen LogP contribution in [-0.2, 0) is 56.8 Å². The number of rotatable bonds is 13. The summed E-state index contributed by atoms with van der Waals surface area (Å²) in [5.41, 5.74) is -0.980. The van der Waals surface area contributed by atoms with Crippen LogP contribution < -0.4 is 0 Å². The van der Waals surface area contributed by atoms with Crippen LogP contribution in [0.25, 0.3) is 0 Å². The number of allylic oxidation sites excluding steroid dienone is 1. The van der Waals surface area contributed by atoms with Gasteiger partial charge in [0.25, 0.3) is 0 Å². The molecule has 4 saturated carbocycles. The Kier molecular flexibility index (Phi) is 17.9. The van der Waals surface area contributed by atoms with Gasteiger partial charge in [0.05, 0.1) is 56.9 Å². The highest BCUT2D eigenvalue weighted by Gasteiger charge is 2.81. The van der Waals surface area contributed by atoms with Gasteiger partial charge in [-0.25, -0.2) is 0 Å². The molecule has 11 fully saturated rings. The van der Waals surface area contributed by atoms with Crippen LogP contribution in [0.1, 0.15) is 107 Å². The fourth-order valence-corrected chi connectivity index (χ4v) is 18.3. The molecule has 2 bridgehead atoms. The molecule has 7 saturated heterocycles. The summed E-state index contributed by atoms with van der Waals surface area (Å²) in [6.45, 7) is 14.8. The fraction of sp³-hybridized carbons (Fsp3) is 0.966. The van der Waals surface area contributed by atoms with E-state index in [9.17, 15) is 71.5 Å². The van der Waals surface area contributed by atoms with Crippen molar-refractivity contribution in [1.82, 2.24) is 0 Å². The monoisotopic (exact) mass is 1210 g/mol. The van der Waals surface area contributed by atoms with Crippen molar-refractivity contribution < 1.29 is 128 Å². The van der Waals surface area contributed by atoms with Gasteiger partial charge in [0.2, 0.25) is 0 Å². The number of hydrogen-bond acceptors (Lipinski definition) is 26. The maximum Gasteiger partial charge on any atom is 0.187 e. The Morgan fingerprint density at radius 3 is 1.93 bits per heavy atom. The first-order chi connectivity index (χ1) is 39.4. The molecule has 11 rings (SSSR count). The lowest BCUT2D eigenvalue weighted by molar-refractivity contribution is -0.401. The predicted molar refractivity (Wildman–Crippen MR) is 283 cm³/mol. The van der Waals surface area contributed by atoms with Gasteiger partial charge in [-0.1, -0.05) is 39.3 Å². The highest BCUT2D eigenvalue weighted by atomic mass is 16.8. The van der Waals surface area contributed by atoms with Crippen LogP contribution in [0.4, 0.5) is 0 Å². The van der Waals surface area contributed by atoms with Gasteiger partial charge >= 0.3 is 0 Å². The molecule has 26 nitrogen and oxygen atoms in total. The van der Waals surface area contributed by atoms with E-state index in [1.807, 2.05) is 20.8 Å². The molecule has 34 atom stereocenters. The molecule has 0 aromatic heterocycles. The van der Waals surface area contributed by atoms with Crippen molar-refractivity contribution in [2.24, 2.45) is 45.3 Å². The van der Waals surface area contributed by atoms with Crippen molar-refractivity contribution in [2.75, 3.05) is 33.0 Å². The van der Waals surface area contributed by atoms with Crippen LogP contribution in [0.5, 0.6) is 0 Å². The number of aliphatic hydroxyl groups is 14. The normalized spacial score (nSPS) is 57.1. The summed E-state index contributed by atoms with van der Waals surface area (Å²) in [4.78, 5) is 0. The van der Waals surface area contributed by atoms with Crippen molar-refractivity contribution in [3.05, 3.63) is 11.6 Å². The molecule has 0 aromatic rings. The molecule has 11 aliphatic rings. The van der Waals surface area contributed by atoms with E-state index in [-0.39, 0.29) is 46.0 Å². The molecule has 0 amide bonds. The van der Waals surface area contributed by atoms with Gasteiger partial charge < -0.3 is 128 Å². The average Bonchev–Trinajstić information content (AvgIpc) is 1.44. The van der Waals surface area contributed by atoms with Crippen molar-refractivity contribution in [3.63, 3.8) is 0 Å². The Morgan fingerprint density at radius 1 is 0.583 bits per heavy atom. The third-order valence-corrected chi connectivity index (χ3v) is 22.5. The van der Waals surface area contributed by atoms with E-state index in [0.717, 1.165) is 44.1 Å². The Morgan fingerprint density at radius 2 is 1.21 bits per heavy atom. The number of fused-ring (bicyclic) bond motifs is 4. The van der Waals surface area contributed by atoms with Gasteiger partial charge in [-0.3, -0.25) is 0 Å². The van der Waals surface area contributed by atoms with Gasteiger partial charge in [-0.05, 0) is 100 Å². The average molecular weight is 1210 g/mol. The molecular formula is C58H94O26. The Labute approximate surface area is 488 Å². The summed E-state index contributed by atoms with van der Waals surface area (Å²) >= 11 is 0. The standard InChI is InChI=1S/C58H94O26/c1-23(2)15-25-16-56(8,72)47-26-9-10-32-54(6)13-12-33(53(4,5)31(54)11-14-55(32,7)57(26)21-58(47,84-25)76-22-57)80-51-46(83-50-43(71)38(66)34(62)24(3)77-50)44(28(61)19-74-51)81-52-45(82-49-41(69)35(63)27(60)18-73-49)40(68)37(65)30(79-52)20-75-48-42(70)39(67)36(64)29(17-59)78-48/h15,24-52,59-72H,9-14,16-22H2,1-8H3/t24-,25-,26-,27+,28-,29-,30-,31+,32-,33-,34+,35-,36+,37+,38+,39+,40+,41-,42-,43-,44+,45-,46-,47+,48-,49-,50-,51+,52+,54-,55-,56-,57-,58-/m1/s1. The van der Waals surface area contributed by atoms with Crippen LogP contribution in [0.15, 0.2) is 11.6 Å². The minimum Gasteiger partial charge on any atom is -0.394 e.